The first-order valence-electron chi connectivity index (χ1n) is 3.72. The Morgan fingerprint density at radius 1 is 1.08 bits per heavy atom. The van der Waals surface area contributed by atoms with Crippen molar-refractivity contribution in [3.63, 3.8) is 0 Å². The average Bonchev–Trinajstić information content (AvgIpc) is 2.04. The van der Waals surface area contributed by atoms with Crippen molar-refractivity contribution in [3.05, 3.63) is 34.4 Å². The van der Waals surface area contributed by atoms with Gasteiger partial charge in [-0.15, -0.1) is 0 Å². The van der Waals surface area contributed by atoms with Crippen molar-refractivity contribution in [2.45, 2.75) is 20.8 Å². The molecule has 1 aromatic carbocycles. The largest absolute Gasteiger partial charge is 0.207 e. The molecule has 0 fully saturated rings. The highest BCUT2D eigenvalue weighted by Crippen LogP contribution is 2.17. The molecule has 0 unspecified atom stereocenters. The van der Waals surface area contributed by atoms with E-state index in [4.69, 9.17) is 11.6 Å². The minimum absolute atomic E-state index is 0.00407. The number of hydrogen-bond acceptors (Lipinski definition) is 0. The van der Waals surface area contributed by atoms with Gasteiger partial charge in [0.1, 0.15) is 11.6 Å². The monoisotopic (exact) mass is 192 g/mol. The molecule has 0 saturated heterocycles. The molecule has 0 aliphatic rings. The zero-order valence-corrected chi connectivity index (χ0v) is 8.04. The number of halogens is 3. The lowest BCUT2D eigenvalue weighted by atomic mass is 10.2. The SMILES string of the molecule is CC.Cc1c(F)cc(Cl)cc1F. The summed E-state index contributed by atoms with van der Waals surface area (Å²) in [6, 6.07) is 2.17. The molecule has 0 bridgehead atoms. The Bertz CT molecular complexity index is 236. The van der Waals surface area contributed by atoms with E-state index in [0.717, 1.165) is 12.1 Å². The first kappa shape index (κ1) is 11.4. The molecule has 12 heavy (non-hydrogen) atoms. The Hall–Kier alpha value is -0.630. The molecule has 3 heteroatoms. The normalized spacial score (nSPS) is 8.83. The molecular formula is C9H11ClF2. The summed E-state index contributed by atoms with van der Waals surface area (Å²) in [6.07, 6.45) is 0. The summed E-state index contributed by atoms with van der Waals surface area (Å²) in [6.45, 7) is 5.36. The summed E-state index contributed by atoms with van der Waals surface area (Å²) in [7, 11) is 0. The fourth-order valence-electron chi connectivity index (χ4n) is 0.614. The van der Waals surface area contributed by atoms with E-state index >= 15 is 0 Å². The molecule has 0 N–H and O–H groups in total. The summed E-state index contributed by atoms with van der Waals surface area (Å²) < 4.78 is 25.0. The van der Waals surface area contributed by atoms with E-state index in [1.807, 2.05) is 13.8 Å². The van der Waals surface area contributed by atoms with Gasteiger partial charge < -0.3 is 0 Å². The van der Waals surface area contributed by atoms with Gasteiger partial charge in [0.25, 0.3) is 0 Å². The molecule has 68 valence electrons. The molecule has 0 aliphatic heterocycles. The maximum atomic E-state index is 12.5. The van der Waals surface area contributed by atoms with Gasteiger partial charge in [-0.25, -0.2) is 8.78 Å². The van der Waals surface area contributed by atoms with Crippen LogP contribution in [0.1, 0.15) is 19.4 Å². The topological polar surface area (TPSA) is 0 Å². The Morgan fingerprint density at radius 3 is 1.75 bits per heavy atom. The maximum Gasteiger partial charge on any atom is 0.130 e. The van der Waals surface area contributed by atoms with Crippen molar-refractivity contribution in [2.24, 2.45) is 0 Å². The van der Waals surface area contributed by atoms with Crippen LogP contribution in [0.5, 0.6) is 0 Å². The van der Waals surface area contributed by atoms with Crippen LogP contribution in [0, 0.1) is 18.6 Å². The molecule has 0 saturated carbocycles. The van der Waals surface area contributed by atoms with E-state index in [9.17, 15) is 8.78 Å². The van der Waals surface area contributed by atoms with Gasteiger partial charge in [-0.3, -0.25) is 0 Å². The van der Waals surface area contributed by atoms with Crippen molar-refractivity contribution in [3.8, 4) is 0 Å². The molecule has 0 heterocycles. The highest BCUT2D eigenvalue weighted by Gasteiger charge is 2.04. The summed E-state index contributed by atoms with van der Waals surface area (Å²) in [5.74, 6) is -1.21. The van der Waals surface area contributed by atoms with Crippen LogP contribution >= 0.6 is 11.6 Å². The fourth-order valence-corrected chi connectivity index (χ4v) is 0.806. The summed E-state index contributed by atoms with van der Waals surface area (Å²) in [5, 5.41) is 0.0839. The van der Waals surface area contributed by atoms with Gasteiger partial charge in [0.2, 0.25) is 0 Å². The Kier molecular flexibility index (Phi) is 4.83. The van der Waals surface area contributed by atoms with E-state index in [-0.39, 0.29) is 10.6 Å². The quantitative estimate of drug-likeness (QED) is 0.584. The van der Waals surface area contributed by atoms with Crippen LogP contribution in [0.3, 0.4) is 0 Å². The number of hydrogen-bond donors (Lipinski definition) is 0. The highest BCUT2D eigenvalue weighted by atomic mass is 35.5. The lowest BCUT2D eigenvalue weighted by Gasteiger charge is -1.97. The predicted octanol–water partition coefficient (Wildman–Crippen LogP) is 3.95. The third kappa shape index (κ3) is 2.78. The molecule has 1 rings (SSSR count). The summed E-state index contributed by atoms with van der Waals surface area (Å²) in [4.78, 5) is 0. The second-order valence-electron chi connectivity index (χ2n) is 1.99. The molecule has 0 atom stereocenters. The van der Waals surface area contributed by atoms with E-state index in [1.165, 1.54) is 6.92 Å². The van der Waals surface area contributed by atoms with Gasteiger partial charge in [0, 0.05) is 10.6 Å². The standard InChI is InChI=1S/C7H5ClF2.C2H6/c1-4-6(9)2-5(8)3-7(4)10;1-2/h2-3H,1H3;1-2H3. The molecule has 1 aromatic rings. The first-order chi connectivity index (χ1) is 5.61. The minimum Gasteiger partial charge on any atom is -0.207 e. The van der Waals surface area contributed by atoms with Crippen LogP contribution in [-0.4, -0.2) is 0 Å². The maximum absolute atomic E-state index is 12.5. The van der Waals surface area contributed by atoms with Crippen LogP contribution in [-0.2, 0) is 0 Å². The smallest absolute Gasteiger partial charge is 0.130 e. The Morgan fingerprint density at radius 2 is 1.42 bits per heavy atom. The van der Waals surface area contributed by atoms with Crippen molar-refractivity contribution < 1.29 is 8.78 Å². The van der Waals surface area contributed by atoms with Crippen molar-refractivity contribution in [1.82, 2.24) is 0 Å². The van der Waals surface area contributed by atoms with Gasteiger partial charge in [-0.1, -0.05) is 25.4 Å². The number of rotatable bonds is 0. The number of benzene rings is 1. The van der Waals surface area contributed by atoms with Crippen molar-refractivity contribution >= 4 is 11.6 Å². The van der Waals surface area contributed by atoms with Crippen molar-refractivity contribution in [1.29, 1.82) is 0 Å². The fraction of sp³-hybridized carbons (Fsp3) is 0.333. The zero-order valence-electron chi connectivity index (χ0n) is 7.29. The van der Waals surface area contributed by atoms with Gasteiger partial charge in [-0.2, -0.15) is 0 Å². The zero-order chi connectivity index (χ0) is 9.72. The minimum atomic E-state index is -0.606. The highest BCUT2D eigenvalue weighted by molar-refractivity contribution is 6.30. The Labute approximate surface area is 76.2 Å². The average molecular weight is 193 g/mol. The molecule has 0 nitrogen and oxygen atoms in total. The molecule has 0 amide bonds. The van der Waals surface area contributed by atoms with E-state index in [1.54, 1.807) is 0 Å². The predicted molar refractivity (Wildman–Crippen MR) is 47.5 cm³/mol. The van der Waals surface area contributed by atoms with E-state index in [0.29, 0.717) is 0 Å². The lowest BCUT2D eigenvalue weighted by Crippen LogP contribution is -1.86. The van der Waals surface area contributed by atoms with Crippen LogP contribution in [0.25, 0.3) is 0 Å². The first-order valence-corrected chi connectivity index (χ1v) is 4.10. The van der Waals surface area contributed by atoms with Crippen molar-refractivity contribution in [2.75, 3.05) is 0 Å². The van der Waals surface area contributed by atoms with Crippen LogP contribution < -0.4 is 0 Å². The second kappa shape index (κ2) is 5.09. The Balaban J connectivity index is 0.000000561. The van der Waals surface area contributed by atoms with E-state index < -0.39 is 11.6 Å². The second-order valence-corrected chi connectivity index (χ2v) is 2.43. The van der Waals surface area contributed by atoms with Gasteiger partial charge in [0.15, 0.2) is 0 Å². The van der Waals surface area contributed by atoms with E-state index in [2.05, 4.69) is 0 Å². The van der Waals surface area contributed by atoms with Gasteiger partial charge >= 0.3 is 0 Å². The van der Waals surface area contributed by atoms with Gasteiger partial charge in [0.05, 0.1) is 0 Å². The molecule has 0 aliphatic carbocycles. The third-order valence-electron chi connectivity index (χ3n) is 1.25. The van der Waals surface area contributed by atoms with Gasteiger partial charge in [-0.05, 0) is 19.1 Å². The molecule has 0 aromatic heterocycles. The molecule has 0 spiro atoms. The van der Waals surface area contributed by atoms with Crippen LogP contribution in [0.15, 0.2) is 12.1 Å². The molecular weight excluding hydrogens is 182 g/mol. The third-order valence-corrected chi connectivity index (χ3v) is 1.46. The molecule has 0 radical (unpaired) electrons. The van der Waals surface area contributed by atoms with Crippen LogP contribution in [0.2, 0.25) is 5.02 Å². The van der Waals surface area contributed by atoms with Crippen LogP contribution in [0.4, 0.5) is 8.78 Å². The summed E-state index contributed by atoms with van der Waals surface area (Å²) in [5.41, 5.74) is 0.00407. The lowest BCUT2D eigenvalue weighted by molar-refractivity contribution is 0.568. The summed E-state index contributed by atoms with van der Waals surface area (Å²) >= 11 is 5.34.